The van der Waals surface area contributed by atoms with E-state index in [1.54, 1.807) is 6.92 Å². The van der Waals surface area contributed by atoms with Crippen molar-refractivity contribution in [2.45, 2.75) is 38.1 Å². The van der Waals surface area contributed by atoms with Crippen LogP contribution in [0.4, 0.5) is 0 Å². The first-order valence-electron chi connectivity index (χ1n) is 9.85. The summed E-state index contributed by atoms with van der Waals surface area (Å²) in [7, 11) is 0. The van der Waals surface area contributed by atoms with E-state index in [2.05, 4.69) is 0 Å². The molecule has 0 amide bonds. The van der Waals surface area contributed by atoms with Crippen molar-refractivity contribution in [3.63, 3.8) is 0 Å². The van der Waals surface area contributed by atoms with Gasteiger partial charge < -0.3 is 18.9 Å². The van der Waals surface area contributed by atoms with Crippen LogP contribution in [0, 0.1) is 0 Å². The number of hydrogen-bond donors (Lipinski definition) is 0. The van der Waals surface area contributed by atoms with Crippen LogP contribution in [-0.2, 0) is 23.7 Å². The minimum absolute atomic E-state index is 0.0936. The minimum Gasteiger partial charge on any atom is -0.461 e. The molecule has 2 aromatic carbocycles. The molecule has 1 fully saturated rings. The average molecular weight is 384 g/mol. The van der Waals surface area contributed by atoms with Crippen molar-refractivity contribution in [2.24, 2.45) is 0 Å². The molecule has 0 radical (unpaired) electrons. The minimum atomic E-state index is -0.608. The highest BCUT2D eigenvalue weighted by Crippen LogP contribution is 2.25. The summed E-state index contributed by atoms with van der Waals surface area (Å²) < 4.78 is 22.4. The van der Waals surface area contributed by atoms with Crippen molar-refractivity contribution in [3.05, 3.63) is 71.8 Å². The Bertz CT molecular complexity index is 658. The zero-order valence-electron chi connectivity index (χ0n) is 16.3. The molecule has 0 aromatic heterocycles. The molecule has 2 atom stereocenters. The van der Waals surface area contributed by atoms with E-state index in [0.29, 0.717) is 13.2 Å². The van der Waals surface area contributed by atoms with Gasteiger partial charge in [-0.1, -0.05) is 60.7 Å². The highest BCUT2D eigenvalue weighted by Gasteiger charge is 2.21. The van der Waals surface area contributed by atoms with Crippen LogP contribution in [0.15, 0.2) is 60.7 Å². The molecule has 2 aromatic rings. The van der Waals surface area contributed by atoms with Crippen molar-refractivity contribution in [1.82, 2.24) is 0 Å². The van der Waals surface area contributed by atoms with Gasteiger partial charge in [0.15, 0.2) is 6.10 Å². The molecule has 2 unspecified atom stereocenters. The zero-order valence-corrected chi connectivity index (χ0v) is 16.3. The molecule has 150 valence electrons. The average Bonchev–Trinajstić information content (AvgIpc) is 3.27. The molecular formula is C23H28O5. The highest BCUT2D eigenvalue weighted by molar-refractivity contribution is 5.74. The summed E-state index contributed by atoms with van der Waals surface area (Å²) in [6, 6.07) is 20.0. The standard InChI is InChI=1S/C23H28O5/c1-18(28-17-21-13-8-14-25-21)23(24)27-16-15-26-22(19-9-4-2-5-10-19)20-11-6-3-7-12-20/h2-7,9-12,18,21-22H,8,13-17H2,1H3. The van der Waals surface area contributed by atoms with Crippen molar-refractivity contribution < 1.29 is 23.7 Å². The molecule has 0 saturated carbocycles. The summed E-state index contributed by atoms with van der Waals surface area (Å²) >= 11 is 0. The van der Waals surface area contributed by atoms with Crippen LogP contribution < -0.4 is 0 Å². The Kier molecular flexibility index (Phi) is 8.03. The van der Waals surface area contributed by atoms with Crippen LogP contribution in [0.25, 0.3) is 0 Å². The van der Waals surface area contributed by atoms with Crippen molar-refractivity contribution in [2.75, 3.05) is 26.4 Å². The maximum absolute atomic E-state index is 12.1. The van der Waals surface area contributed by atoms with E-state index < -0.39 is 6.10 Å². The fraction of sp³-hybridized carbons (Fsp3) is 0.435. The maximum Gasteiger partial charge on any atom is 0.335 e. The third-order valence-electron chi connectivity index (χ3n) is 4.70. The van der Waals surface area contributed by atoms with Gasteiger partial charge in [-0.05, 0) is 30.9 Å². The van der Waals surface area contributed by atoms with Gasteiger partial charge >= 0.3 is 5.97 Å². The Morgan fingerprint density at radius 2 is 1.64 bits per heavy atom. The van der Waals surface area contributed by atoms with Crippen LogP contribution in [-0.4, -0.2) is 44.6 Å². The van der Waals surface area contributed by atoms with Gasteiger partial charge in [0.2, 0.25) is 0 Å². The second kappa shape index (κ2) is 11.0. The molecule has 0 aliphatic carbocycles. The summed E-state index contributed by atoms with van der Waals surface area (Å²) in [6.07, 6.45) is 1.32. The highest BCUT2D eigenvalue weighted by atomic mass is 16.6. The molecule has 3 rings (SSSR count). The van der Waals surface area contributed by atoms with Gasteiger partial charge in [-0.2, -0.15) is 0 Å². The third kappa shape index (κ3) is 6.16. The molecule has 1 heterocycles. The van der Waals surface area contributed by atoms with Gasteiger partial charge in [-0.25, -0.2) is 4.79 Å². The summed E-state index contributed by atoms with van der Waals surface area (Å²) in [5.41, 5.74) is 2.13. The van der Waals surface area contributed by atoms with E-state index in [0.717, 1.165) is 30.6 Å². The number of benzene rings is 2. The molecule has 1 aliphatic rings. The number of ether oxygens (including phenoxy) is 4. The molecular weight excluding hydrogens is 356 g/mol. The number of carbonyl (C=O) groups is 1. The van der Waals surface area contributed by atoms with Gasteiger partial charge in [-0.3, -0.25) is 0 Å². The molecule has 0 N–H and O–H groups in total. The van der Waals surface area contributed by atoms with E-state index in [9.17, 15) is 4.79 Å². The lowest BCUT2D eigenvalue weighted by Gasteiger charge is -2.19. The van der Waals surface area contributed by atoms with E-state index in [-0.39, 0.29) is 24.8 Å². The Labute approximate surface area is 166 Å². The lowest BCUT2D eigenvalue weighted by molar-refractivity contribution is -0.159. The van der Waals surface area contributed by atoms with Crippen molar-refractivity contribution in [3.8, 4) is 0 Å². The molecule has 5 nitrogen and oxygen atoms in total. The van der Waals surface area contributed by atoms with Crippen LogP contribution in [0.5, 0.6) is 0 Å². The Morgan fingerprint density at radius 3 is 2.21 bits per heavy atom. The first-order chi connectivity index (χ1) is 13.7. The van der Waals surface area contributed by atoms with Crippen LogP contribution >= 0.6 is 0 Å². The first kappa shape index (κ1) is 20.5. The Morgan fingerprint density at radius 1 is 1.00 bits per heavy atom. The Hall–Kier alpha value is -2.21. The lowest BCUT2D eigenvalue weighted by Crippen LogP contribution is -2.28. The predicted octanol–water partition coefficient (Wildman–Crippen LogP) is 3.92. The second-order valence-corrected chi connectivity index (χ2v) is 6.85. The summed E-state index contributed by atoms with van der Waals surface area (Å²) in [6.45, 7) is 3.39. The van der Waals surface area contributed by atoms with Crippen LogP contribution in [0.3, 0.4) is 0 Å². The van der Waals surface area contributed by atoms with Crippen molar-refractivity contribution >= 4 is 5.97 Å². The Balaban J connectivity index is 1.44. The first-order valence-corrected chi connectivity index (χ1v) is 9.85. The maximum atomic E-state index is 12.1. The summed E-state index contributed by atoms with van der Waals surface area (Å²) in [5, 5.41) is 0. The number of carbonyl (C=O) groups excluding carboxylic acids is 1. The smallest absolute Gasteiger partial charge is 0.335 e. The molecule has 0 spiro atoms. The molecule has 5 heteroatoms. The van der Waals surface area contributed by atoms with Crippen LogP contribution in [0.2, 0.25) is 0 Å². The van der Waals surface area contributed by atoms with E-state index in [4.69, 9.17) is 18.9 Å². The zero-order chi connectivity index (χ0) is 19.6. The van der Waals surface area contributed by atoms with E-state index in [1.807, 2.05) is 60.7 Å². The molecule has 1 aliphatic heterocycles. The van der Waals surface area contributed by atoms with Crippen LogP contribution in [0.1, 0.15) is 37.0 Å². The van der Waals surface area contributed by atoms with Gasteiger partial charge in [-0.15, -0.1) is 0 Å². The van der Waals surface area contributed by atoms with Crippen molar-refractivity contribution in [1.29, 1.82) is 0 Å². The monoisotopic (exact) mass is 384 g/mol. The SMILES string of the molecule is CC(OCC1CCCO1)C(=O)OCCOC(c1ccccc1)c1ccccc1. The quantitative estimate of drug-likeness (QED) is 0.459. The van der Waals surface area contributed by atoms with Gasteiger partial charge in [0, 0.05) is 6.61 Å². The topological polar surface area (TPSA) is 54.0 Å². The summed E-state index contributed by atoms with van der Waals surface area (Å²) in [4.78, 5) is 12.1. The third-order valence-corrected chi connectivity index (χ3v) is 4.70. The van der Waals surface area contributed by atoms with E-state index >= 15 is 0 Å². The fourth-order valence-electron chi connectivity index (χ4n) is 3.16. The summed E-state index contributed by atoms with van der Waals surface area (Å²) in [5.74, 6) is -0.377. The molecule has 28 heavy (non-hydrogen) atoms. The van der Waals surface area contributed by atoms with E-state index in [1.165, 1.54) is 0 Å². The molecule has 0 bridgehead atoms. The van der Waals surface area contributed by atoms with Gasteiger partial charge in [0.05, 0.1) is 19.3 Å². The lowest BCUT2D eigenvalue weighted by atomic mass is 10.0. The predicted molar refractivity (Wildman–Crippen MR) is 106 cm³/mol. The normalized spacial score (nSPS) is 17.6. The van der Waals surface area contributed by atoms with Gasteiger partial charge in [0.25, 0.3) is 0 Å². The largest absolute Gasteiger partial charge is 0.461 e. The van der Waals surface area contributed by atoms with Gasteiger partial charge in [0.1, 0.15) is 12.7 Å². The number of rotatable bonds is 10. The fourth-order valence-corrected chi connectivity index (χ4v) is 3.16. The number of hydrogen-bond acceptors (Lipinski definition) is 5. The molecule has 1 saturated heterocycles. The number of esters is 1. The second-order valence-electron chi connectivity index (χ2n) is 6.85.